The van der Waals surface area contributed by atoms with Crippen LogP contribution in [0.15, 0.2) is 36.7 Å². The number of rotatable bonds is 4. The predicted octanol–water partition coefficient (Wildman–Crippen LogP) is 2.51. The summed E-state index contributed by atoms with van der Waals surface area (Å²) < 4.78 is 5.77. The van der Waals surface area contributed by atoms with Gasteiger partial charge in [0.05, 0.1) is 12.3 Å². The van der Waals surface area contributed by atoms with Gasteiger partial charge in [0.1, 0.15) is 5.75 Å². The van der Waals surface area contributed by atoms with Gasteiger partial charge in [-0.05, 0) is 25.1 Å². The van der Waals surface area contributed by atoms with Gasteiger partial charge in [-0.1, -0.05) is 19.1 Å². The SMILES string of the molecule is CCNCc1cnc(N2CCCOc3ccccc32)nc1. The first kappa shape index (κ1) is 13.8. The van der Waals surface area contributed by atoms with Crippen LogP contribution in [0.5, 0.6) is 5.75 Å². The second-order valence-electron chi connectivity index (χ2n) is 4.99. The third-order valence-electron chi connectivity index (χ3n) is 3.45. The van der Waals surface area contributed by atoms with Crippen LogP contribution in [-0.4, -0.2) is 29.7 Å². The highest BCUT2D eigenvalue weighted by Crippen LogP contribution is 2.33. The zero-order valence-corrected chi connectivity index (χ0v) is 12.2. The number of aromatic nitrogens is 2. The number of benzene rings is 1. The Kier molecular flexibility index (Phi) is 4.31. The Hall–Kier alpha value is -2.14. The lowest BCUT2D eigenvalue weighted by molar-refractivity contribution is 0.322. The summed E-state index contributed by atoms with van der Waals surface area (Å²) in [7, 11) is 0. The summed E-state index contributed by atoms with van der Waals surface area (Å²) in [5.41, 5.74) is 2.13. The Balaban J connectivity index is 1.86. The monoisotopic (exact) mass is 284 g/mol. The van der Waals surface area contributed by atoms with Gasteiger partial charge in [0.2, 0.25) is 5.95 Å². The highest BCUT2D eigenvalue weighted by Gasteiger charge is 2.19. The second kappa shape index (κ2) is 6.54. The molecule has 0 unspecified atom stereocenters. The lowest BCUT2D eigenvalue weighted by Gasteiger charge is -2.21. The fourth-order valence-corrected chi connectivity index (χ4v) is 2.38. The van der Waals surface area contributed by atoms with E-state index in [1.807, 2.05) is 30.6 Å². The summed E-state index contributed by atoms with van der Waals surface area (Å²) >= 11 is 0. The minimum absolute atomic E-state index is 0.728. The maximum absolute atomic E-state index is 5.77. The molecule has 0 aliphatic carbocycles. The van der Waals surface area contributed by atoms with Crippen molar-refractivity contribution >= 4 is 11.6 Å². The van der Waals surface area contributed by atoms with E-state index in [-0.39, 0.29) is 0 Å². The first-order valence-corrected chi connectivity index (χ1v) is 7.39. The van der Waals surface area contributed by atoms with E-state index in [2.05, 4.69) is 33.2 Å². The Labute approximate surface area is 125 Å². The lowest BCUT2D eigenvalue weighted by Crippen LogP contribution is -2.20. The summed E-state index contributed by atoms with van der Waals surface area (Å²) in [5, 5.41) is 3.28. The molecule has 0 fully saturated rings. The number of hydrogen-bond donors (Lipinski definition) is 1. The van der Waals surface area contributed by atoms with Crippen molar-refractivity contribution in [2.45, 2.75) is 19.9 Å². The quantitative estimate of drug-likeness (QED) is 0.935. The number of para-hydroxylation sites is 2. The van der Waals surface area contributed by atoms with Crippen molar-refractivity contribution in [3.8, 4) is 5.75 Å². The van der Waals surface area contributed by atoms with Gasteiger partial charge in [0.25, 0.3) is 0 Å². The summed E-state index contributed by atoms with van der Waals surface area (Å²) in [4.78, 5) is 11.2. The molecule has 5 heteroatoms. The van der Waals surface area contributed by atoms with Crippen LogP contribution in [0.3, 0.4) is 0 Å². The molecular formula is C16H20N4O. The number of nitrogens with zero attached hydrogens (tertiary/aromatic N) is 3. The molecule has 21 heavy (non-hydrogen) atoms. The summed E-state index contributed by atoms with van der Waals surface area (Å²) in [6, 6.07) is 8.05. The molecule has 3 rings (SSSR count). The number of fused-ring (bicyclic) bond motifs is 1. The van der Waals surface area contributed by atoms with Crippen LogP contribution in [-0.2, 0) is 6.54 Å². The zero-order valence-electron chi connectivity index (χ0n) is 12.2. The maximum atomic E-state index is 5.77. The molecule has 110 valence electrons. The Morgan fingerprint density at radius 3 is 2.86 bits per heavy atom. The van der Waals surface area contributed by atoms with E-state index in [9.17, 15) is 0 Å². The average Bonchev–Trinajstić information content (AvgIpc) is 2.76. The molecule has 5 nitrogen and oxygen atoms in total. The van der Waals surface area contributed by atoms with Gasteiger partial charge in [0, 0.05) is 31.0 Å². The van der Waals surface area contributed by atoms with Crippen LogP contribution in [0.1, 0.15) is 18.9 Å². The van der Waals surface area contributed by atoms with Crippen LogP contribution in [0, 0.1) is 0 Å². The molecule has 1 aliphatic heterocycles. The molecule has 0 amide bonds. The summed E-state index contributed by atoms with van der Waals surface area (Å²) in [6.07, 6.45) is 4.73. The minimum Gasteiger partial charge on any atom is -0.491 e. The normalized spacial score (nSPS) is 14.2. The lowest BCUT2D eigenvalue weighted by atomic mass is 10.2. The van der Waals surface area contributed by atoms with Gasteiger partial charge < -0.3 is 15.0 Å². The molecule has 0 bridgehead atoms. The van der Waals surface area contributed by atoms with Crippen molar-refractivity contribution in [2.75, 3.05) is 24.6 Å². The minimum atomic E-state index is 0.728. The molecule has 0 radical (unpaired) electrons. The van der Waals surface area contributed by atoms with E-state index >= 15 is 0 Å². The topological polar surface area (TPSA) is 50.3 Å². The number of hydrogen-bond acceptors (Lipinski definition) is 5. The highest BCUT2D eigenvalue weighted by atomic mass is 16.5. The molecule has 0 saturated heterocycles. The van der Waals surface area contributed by atoms with Crippen LogP contribution in [0.25, 0.3) is 0 Å². The van der Waals surface area contributed by atoms with Gasteiger partial charge in [-0.2, -0.15) is 0 Å². The first-order chi connectivity index (χ1) is 10.4. The van der Waals surface area contributed by atoms with Crippen molar-refractivity contribution in [3.05, 3.63) is 42.2 Å². The average molecular weight is 284 g/mol. The van der Waals surface area contributed by atoms with E-state index in [1.165, 1.54) is 0 Å². The second-order valence-corrected chi connectivity index (χ2v) is 4.99. The first-order valence-electron chi connectivity index (χ1n) is 7.39. The van der Waals surface area contributed by atoms with E-state index < -0.39 is 0 Å². The van der Waals surface area contributed by atoms with Crippen molar-refractivity contribution in [1.29, 1.82) is 0 Å². The number of nitrogens with one attached hydrogen (secondary N) is 1. The van der Waals surface area contributed by atoms with E-state index in [4.69, 9.17) is 4.74 Å². The van der Waals surface area contributed by atoms with Crippen LogP contribution >= 0.6 is 0 Å². The fraction of sp³-hybridized carbons (Fsp3) is 0.375. The van der Waals surface area contributed by atoms with Gasteiger partial charge >= 0.3 is 0 Å². The van der Waals surface area contributed by atoms with Crippen molar-refractivity contribution < 1.29 is 4.74 Å². The molecular weight excluding hydrogens is 264 g/mol. The molecule has 1 N–H and O–H groups in total. The number of ether oxygens (including phenoxy) is 1. The maximum Gasteiger partial charge on any atom is 0.229 e. The molecule has 0 saturated carbocycles. The summed E-state index contributed by atoms with van der Waals surface area (Å²) in [5.74, 6) is 1.63. The van der Waals surface area contributed by atoms with Gasteiger partial charge in [-0.15, -0.1) is 0 Å². The molecule has 2 aromatic rings. The van der Waals surface area contributed by atoms with Crippen LogP contribution < -0.4 is 15.0 Å². The molecule has 1 aliphatic rings. The standard InChI is InChI=1S/C16H20N4O/c1-2-17-10-13-11-18-16(19-12-13)20-8-5-9-21-15-7-4-3-6-14(15)20/h3-4,6-7,11-12,17H,2,5,8-10H2,1H3. The highest BCUT2D eigenvalue weighted by molar-refractivity contribution is 5.65. The summed E-state index contributed by atoms with van der Waals surface area (Å²) in [6.45, 7) is 5.42. The third kappa shape index (κ3) is 3.13. The van der Waals surface area contributed by atoms with Crippen molar-refractivity contribution in [1.82, 2.24) is 15.3 Å². The van der Waals surface area contributed by atoms with Gasteiger partial charge in [-0.3, -0.25) is 0 Å². The van der Waals surface area contributed by atoms with Crippen LogP contribution in [0.2, 0.25) is 0 Å². The molecule has 1 aromatic heterocycles. The van der Waals surface area contributed by atoms with Gasteiger partial charge in [0.15, 0.2) is 0 Å². The predicted molar refractivity (Wildman–Crippen MR) is 83.0 cm³/mol. The Morgan fingerprint density at radius 2 is 2.05 bits per heavy atom. The molecule has 0 spiro atoms. The van der Waals surface area contributed by atoms with E-state index in [0.717, 1.165) is 55.6 Å². The van der Waals surface area contributed by atoms with Crippen LogP contribution in [0.4, 0.5) is 11.6 Å². The van der Waals surface area contributed by atoms with Crippen molar-refractivity contribution in [3.63, 3.8) is 0 Å². The zero-order chi connectivity index (χ0) is 14.5. The van der Waals surface area contributed by atoms with E-state index in [0.29, 0.717) is 0 Å². The van der Waals surface area contributed by atoms with Crippen molar-refractivity contribution in [2.24, 2.45) is 0 Å². The largest absolute Gasteiger partial charge is 0.491 e. The van der Waals surface area contributed by atoms with Gasteiger partial charge in [-0.25, -0.2) is 9.97 Å². The van der Waals surface area contributed by atoms with E-state index in [1.54, 1.807) is 0 Å². The fourth-order valence-electron chi connectivity index (χ4n) is 2.38. The molecule has 2 heterocycles. The smallest absolute Gasteiger partial charge is 0.229 e. The molecule has 1 aromatic carbocycles. The Bertz CT molecular complexity index is 585. The number of anilines is 2. The Morgan fingerprint density at radius 1 is 1.24 bits per heavy atom. The molecule has 0 atom stereocenters. The third-order valence-corrected chi connectivity index (χ3v) is 3.45.